The van der Waals surface area contributed by atoms with E-state index in [0.717, 1.165) is 21.5 Å². The van der Waals surface area contributed by atoms with Crippen molar-refractivity contribution in [1.29, 1.82) is 0 Å². The van der Waals surface area contributed by atoms with E-state index in [1.165, 1.54) is 0 Å². The second-order valence-corrected chi connectivity index (χ2v) is 7.61. The molecule has 8 heteroatoms. The number of nitrogens with one attached hydrogen (secondary N) is 1. The lowest BCUT2D eigenvalue weighted by Crippen LogP contribution is -2.17. The van der Waals surface area contributed by atoms with Crippen LogP contribution in [-0.4, -0.2) is 28.9 Å². The maximum absolute atomic E-state index is 12.7. The van der Waals surface area contributed by atoms with E-state index in [1.54, 1.807) is 28.9 Å². The van der Waals surface area contributed by atoms with Gasteiger partial charge in [0.05, 0.1) is 27.8 Å². The van der Waals surface area contributed by atoms with Crippen molar-refractivity contribution in [2.24, 2.45) is 0 Å². The zero-order valence-corrected chi connectivity index (χ0v) is 17.6. The van der Waals surface area contributed by atoms with Gasteiger partial charge in [-0.15, -0.1) is 0 Å². The SMILES string of the molecule is Cc1nn(-c2ccc(C(=O)Nc3cc4c(cc3Br)OCCO4)cc2)c(C)c1Cl. The molecule has 0 fully saturated rings. The Morgan fingerprint density at radius 2 is 1.79 bits per heavy atom. The molecule has 28 heavy (non-hydrogen) atoms. The first-order valence-corrected chi connectivity index (χ1v) is 9.84. The summed E-state index contributed by atoms with van der Waals surface area (Å²) in [6.45, 7) is 4.76. The molecule has 0 aliphatic carbocycles. The van der Waals surface area contributed by atoms with Gasteiger partial charge in [0, 0.05) is 22.2 Å². The van der Waals surface area contributed by atoms with E-state index < -0.39 is 0 Å². The average molecular weight is 463 g/mol. The van der Waals surface area contributed by atoms with Gasteiger partial charge >= 0.3 is 0 Å². The molecule has 6 nitrogen and oxygen atoms in total. The second kappa shape index (κ2) is 7.48. The van der Waals surface area contributed by atoms with Gasteiger partial charge in [-0.2, -0.15) is 5.10 Å². The second-order valence-electron chi connectivity index (χ2n) is 6.37. The average Bonchev–Trinajstić information content (AvgIpc) is 2.96. The molecule has 1 aliphatic heterocycles. The molecular weight excluding hydrogens is 446 g/mol. The number of carbonyl (C=O) groups is 1. The maximum Gasteiger partial charge on any atom is 0.255 e. The molecule has 3 aromatic rings. The molecular formula is C20H17BrClN3O3. The molecule has 0 unspecified atom stereocenters. The number of halogens is 2. The number of aromatic nitrogens is 2. The Hall–Kier alpha value is -2.51. The normalized spacial score (nSPS) is 12.7. The number of hydrogen-bond acceptors (Lipinski definition) is 4. The van der Waals surface area contributed by atoms with Crippen molar-refractivity contribution >= 4 is 39.1 Å². The van der Waals surface area contributed by atoms with Crippen LogP contribution in [0.5, 0.6) is 11.5 Å². The van der Waals surface area contributed by atoms with Crippen LogP contribution in [0.3, 0.4) is 0 Å². The van der Waals surface area contributed by atoms with Crippen molar-refractivity contribution in [2.75, 3.05) is 18.5 Å². The zero-order valence-electron chi connectivity index (χ0n) is 15.3. The minimum absolute atomic E-state index is 0.227. The molecule has 2 heterocycles. The minimum Gasteiger partial charge on any atom is -0.486 e. The van der Waals surface area contributed by atoms with Crippen molar-refractivity contribution in [3.05, 3.63) is 62.8 Å². The lowest BCUT2D eigenvalue weighted by molar-refractivity contribution is 0.102. The first-order valence-electron chi connectivity index (χ1n) is 8.66. The molecule has 0 radical (unpaired) electrons. The number of aryl methyl sites for hydroxylation is 1. The Bertz CT molecular complexity index is 1060. The fourth-order valence-corrected chi connectivity index (χ4v) is 3.52. The van der Waals surface area contributed by atoms with Gasteiger partial charge in [0.2, 0.25) is 0 Å². The number of hydrogen-bond donors (Lipinski definition) is 1. The number of rotatable bonds is 3. The van der Waals surface area contributed by atoms with Gasteiger partial charge < -0.3 is 14.8 Å². The summed E-state index contributed by atoms with van der Waals surface area (Å²) < 4.78 is 13.6. The van der Waals surface area contributed by atoms with Crippen molar-refractivity contribution in [1.82, 2.24) is 9.78 Å². The molecule has 2 aromatic carbocycles. The van der Waals surface area contributed by atoms with Gasteiger partial charge in [0.25, 0.3) is 5.91 Å². The largest absolute Gasteiger partial charge is 0.486 e. The van der Waals surface area contributed by atoms with Crippen LogP contribution in [0.2, 0.25) is 5.02 Å². The number of amides is 1. The van der Waals surface area contributed by atoms with E-state index in [2.05, 4.69) is 26.3 Å². The highest BCUT2D eigenvalue weighted by atomic mass is 79.9. The summed E-state index contributed by atoms with van der Waals surface area (Å²) in [6.07, 6.45) is 0. The number of ether oxygens (including phenoxy) is 2. The Morgan fingerprint density at radius 3 is 2.39 bits per heavy atom. The van der Waals surface area contributed by atoms with E-state index >= 15 is 0 Å². The highest BCUT2D eigenvalue weighted by Crippen LogP contribution is 2.38. The van der Waals surface area contributed by atoms with Crippen LogP contribution in [0, 0.1) is 13.8 Å². The smallest absolute Gasteiger partial charge is 0.255 e. The third kappa shape index (κ3) is 3.47. The molecule has 1 aromatic heterocycles. The van der Waals surface area contributed by atoms with Crippen LogP contribution in [0.1, 0.15) is 21.7 Å². The number of fused-ring (bicyclic) bond motifs is 1. The standard InChI is InChI=1S/C20H17BrClN3O3/c1-11-19(22)12(2)25(24-11)14-5-3-13(4-6-14)20(26)23-16-10-18-17(9-15(16)21)27-7-8-28-18/h3-6,9-10H,7-8H2,1-2H3,(H,23,26). The summed E-state index contributed by atoms with van der Waals surface area (Å²) in [7, 11) is 0. The lowest BCUT2D eigenvalue weighted by Gasteiger charge is -2.20. The first kappa shape index (κ1) is 18.8. The Morgan fingerprint density at radius 1 is 1.14 bits per heavy atom. The minimum atomic E-state index is -0.227. The molecule has 0 bridgehead atoms. The van der Waals surface area contributed by atoms with Crippen LogP contribution < -0.4 is 14.8 Å². The van der Waals surface area contributed by atoms with Crippen LogP contribution in [0.15, 0.2) is 40.9 Å². The molecule has 4 rings (SSSR count). The third-order valence-corrected chi connectivity index (χ3v) is 5.66. The first-order chi connectivity index (χ1) is 13.4. The van der Waals surface area contributed by atoms with Crippen LogP contribution in [0.4, 0.5) is 5.69 Å². The predicted octanol–water partition coefficient (Wildman–Crippen LogP) is 4.93. The van der Waals surface area contributed by atoms with Crippen molar-refractivity contribution < 1.29 is 14.3 Å². The molecule has 0 saturated heterocycles. The Balaban J connectivity index is 1.55. The van der Waals surface area contributed by atoms with Crippen molar-refractivity contribution in [3.8, 4) is 17.2 Å². The third-order valence-electron chi connectivity index (χ3n) is 4.46. The Labute approximate surface area is 175 Å². The van der Waals surface area contributed by atoms with Crippen molar-refractivity contribution in [2.45, 2.75) is 13.8 Å². The maximum atomic E-state index is 12.7. The van der Waals surface area contributed by atoms with Crippen LogP contribution >= 0.6 is 27.5 Å². The van der Waals surface area contributed by atoms with Crippen molar-refractivity contribution in [3.63, 3.8) is 0 Å². The molecule has 1 amide bonds. The highest BCUT2D eigenvalue weighted by Gasteiger charge is 2.17. The van der Waals surface area contributed by atoms with Gasteiger partial charge in [0.15, 0.2) is 11.5 Å². The molecule has 0 atom stereocenters. The molecule has 0 saturated carbocycles. The van der Waals surface area contributed by atoms with E-state index in [9.17, 15) is 4.79 Å². The topological polar surface area (TPSA) is 65.4 Å². The number of anilines is 1. The van der Waals surface area contributed by atoms with E-state index in [0.29, 0.717) is 41.0 Å². The fourth-order valence-electron chi connectivity index (χ4n) is 2.98. The monoisotopic (exact) mass is 461 g/mol. The highest BCUT2D eigenvalue weighted by molar-refractivity contribution is 9.10. The summed E-state index contributed by atoms with van der Waals surface area (Å²) in [5.41, 5.74) is 3.60. The fraction of sp³-hybridized carbons (Fsp3) is 0.200. The molecule has 0 spiro atoms. The van der Waals surface area contributed by atoms with Gasteiger partial charge in [-0.05, 0) is 54.0 Å². The molecule has 1 aliphatic rings. The summed E-state index contributed by atoms with van der Waals surface area (Å²) in [4.78, 5) is 12.7. The summed E-state index contributed by atoms with van der Waals surface area (Å²) >= 11 is 9.68. The zero-order chi connectivity index (χ0) is 19.8. The molecule has 144 valence electrons. The van der Waals surface area contributed by atoms with Gasteiger partial charge in [-0.3, -0.25) is 4.79 Å². The number of nitrogens with zero attached hydrogens (tertiary/aromatic N) is 2. The van der Waals surface area contributed by atoms with Crippen LogP contribution in [0.25, 0.3) is 5.69 Å². The van der Waals surface area contributed by atoms with E-state index in [-0.39, 0.29) is 5.91 Å². The molecule has 1 N–H and O–H groups in total. The quantitative estimate of drug-likeness (QED) is 0.599. The van der Waals surface area contributed by atoms with Gasteiger partial charge in [-0.25, -0.2) is 4.68 Å². The Kier molecular flexibility index (Phi) is 5.03. The van der Waals surface area contributed by atoms with Crippen LogP contribution in [-0.2, 0) is 0 Å². The van der Waals surface area contributed by atoms with Gasteiger partial charge in [-0.1, -0.05) is 11.6 Å². The lowest BCUT2D eigenvalue weighted by atomic mass is 10.2. The van der Waals surface area contributed by atoms with E-state index in [4.69, 9.17) is 21.1 Å². The number of carbonyl (C=O) groups excluding carboxylic acids is 1. The van der Waals surface area contributed by atoms with E-state index in [1.807, 2.05) is 26.0 Å². The van der Waals surface area contributed by atoms with Gasteiger partial charge in [0.1, 0.15) is 13.2 Å². The summed E-state index contributed by atoms with van der Waals surface area (Å²) in [5.74, 6) is 1.04. The number of benzene rings is 2. The predicted molar refractivity (Wildman–Crippen MR) is 111 cm³/mol. The summed E-state index contributed by atoms with van der Waals surface area (Å²) in [5, 5.41) is 7.97. The summed E-state index contributed by atoms with van der Waals surface area (Å²) in [6, 6.07) is 10.7.